The summed E-state index contributed by atoms with van der Waals surface area (Å²) in [6.07, 6.45) is 1.10. The summed E-state index contributed by atoms with van der Waals surface area (Å²) in [5.41, 5.74) is 0. The summed E-state index contributed by atoms with van der Waals surface area (Å²) in [4.78, 5) is 4.24. The number of rotatable bonds is 5. The van der Waals surface area contributed by atoms with Gasteiger partial charge >= 0.3 is 0 Å². The number of hydrogen-bond acceptors (Lipinski definition) is 4. The molecule has 0 aliphatic carbocycles. The average molecular weight is 229 g/mol. The van der Waals surface area contributed by atoms with Crippen molar-refractivity contribution < 1.29 is 0 Å². The molecule has 0 N–H and O–H groups in total. The second-order valence-electron chi connectivity index (χ2n) is 3.79. The molecular weight excluding hydrogens is 212 g/mol. The summed E-state index contributed by atoms with van der Waals surface area (Å²) < 4.78 is 0. The van der Waals surface area contributed by atoms with E-state index in [1.165, 1.54) is 0 Å². The lowest BCUT2D eigenvalue weighted by atomic mass is 10.3. The van der Waals surface area contributed by atoms with Crippen molar-refractivity contribution in [3.8, 4) is 0 Å². The van der Waals surface area contributed by atoms with Gasteiger partial charge in [0.05, 0.1) is 0 Å². The highest BCUT2D eigenvalue weighted by atomic mass is 35.5. The standard InChI is InChI=1S/C10H17ClN4/c1-14(2)7-4-8-15(3)10-6-5-9(11)12-13-10/h5-6H,4,7-8H2,1-3H3. The van der Waals surface area contributed by atoms with Crippen LogP contribution >= 0.6 is 11.6 Å². The monoisotopic (exact) mass is 228 g/mol. The lowest BCUT2D eigenvalue weighted by molar-refractivity contribution is 0.401. The van der Waals surface area contributed by atoms with Crippen molar-refractivity contribution in [2.45, 2.75) is 6.42 Å². The second-order valence-corrected chi connectivity index (χ2v) is 4.18. The SMILES string of the molecule is CN(C)CCCN(C)c1ccc(Cl)nn1. The highest BCUT2D eigenvalue weighted by Gasteiger charge is 2.02. The quantitative estimate of drug-likeness (QED) is 0.765. The number of nitrogens with zero attached hydrogens (tertiary/aromatic N) is 4. The van der Waals surface area contributed by atoms with Crippen LogP contribution < -0.4 is 4.90 Å². The van der Waals surface area contributed by atoms with Crippen molar-refractivity contribution >= 4 is 17.4 Å². The van der Waals surface area contributed by atoms with Crippen LogP contribution in [0.5, 0.6) is 0 Å². The molecule has 0 atom stereocenters. The fourth-order valence-electron chi connectivity index (χ4n) is 1.25. The summed E-state index contributed by atoms with van der Waals surface area (Å²) in [7, 11) is 6.15. The van der Waals surface area contributed by atoms with E-state index in [4.69, 9.17) is 11.6 Å². The van der Waals surface area contributed by atoms with Crippen LogP contribution in [-0.2, 0) is 0 Å². The van der Waals surface area contributed by atoms with Crippen LogP contribution in [0.15, 0.2) is 12.1 Å². The molecule has 0 amide bonds. The van der Waals surface area contributed by atoms with Gasteiger partial charge in [-0.15, -0.1) is 10.2 Å². The first-order valence-corrected chi connectivity index (χ1v) is 5.32. The topological polar surface area (TPSA) is 32.3 Å². The van der Waals surface area contributed by atoms with E-state index >= 15 is 0 Å². The Morgan fingerprint density at radius 1 is 1.13 bits per heavy atom. The summed E-state index contributed by atoms with van der Waals surface area (Å²) in [6.45, 7) is 2.04. The first-order valence-electron chi connectivity index (χ1n) is 4.94. The fourth-order valence-corrected chi connectivity index (χ4v) is 1.35. The normalized spacial score (nSPS) is 10.7. The molecule has 0 aliphatic heterocycles. The fraction of sp³-hybridized carbons (Fsp3) is 0.600. The number of aromatic nitrogens is 2. The molecule has 0 fully saturated rings. The molecule has 0 saturated heterocycles. The van der Waals surface area contributed by atoms with Crippen LogP contribution in [0.2, 0.25) is 5.15 Å². The van der Waals surface area contributed by atoms with Gasteiger partial charge in [0.2, 0.25) is 0 Å². The minimum atomic E-state index is 0.431. The summed E-state index contributed by atoms with van der Waals surface area (Å²) >= 11 is 5.66. The van der Waals surface area contributed by atoms with Crippen LogP contribution in [0.25, 0.3) is 0 Å². The van der Waals surface area contributed by atoms with Gasteiger partial charge in [0, 0.05) is 13.6 Å². The molecule has 0 radical (unpaired) electrons. The third kappa shape index (κ3) is 4.44. The number of halogens is 1. The van der Waals surface area contributed by atoms with E-state index in [0.717, 1.165) is 25.3 Å². The molecule has 1 aromatic rings. The summed E-state index contributed by atoms with van der Waals surface area (Å²) in [5.74, 6) is 0.859. The first-order chi connectivity index (χ1) is 7.09. The number of anilines is 1. The van der Waals surface area contributed by atoms with Crippen LogP contribution in [0.3, 0.4) is 0 Å². The molecule has 5 heteroatoms. The van der Waals surface area contributed by atoms with Gasteiger partial charge in [0.1, 0.15) is 0 Å². The van der Waals surface area contributed by atoms with Crippen LogP contribution in [0, 0.1) is 0 Å². The van der Waals surface area contributed by atoms with E-state index < -0.39 is 0 Å². The van der Waals surface area contributed by atoms with Crippen molar-refractivity contribution in [3.63, 3.8) is 0 Å². The van der Waals surface area contributed by atoms with Crippen molar-refractivity contribution in [1.82, 2.24) is 15.1 Å². The maximum atomic E-state index is 5.66. The minimum Gasteiger partial charge on any atom is -0.358 e. The van der Waals surface area contributed by atoms with Gasteiger partial charge in [-0.3, -0.25) is 0 Å². The Labute approximate surface area is 95.9 Å². The maximum absolute atomic E-state index is 5.66. The predicted octanol–water partition coefficient (Wildman–Crippen LogP) is 1.52. The first kappa shape index (κ1) is 12.2. The van der Waals surface area contributed by atoms with Crippen molar-refractivity contribution in [2.75, 3.05) is 39.1 Å². The van der Waals surface area contributed by atoms with Gasteiger partial charge in [-0.1, -0.05) is 11.6 Å². The highest BCUT2D eigenvalue weighted by molar-refractivity contribution is 6.29. The molecule has 1 heterocycles. The molecule has 1 rings (SSSR count). The van der Waals surface area contributed by atoms with E-state index in [1.807, 2.05) is 13.1 Å². The van der Waals surface area contributed by atoms with Gasteiger partial charge in [-0.2, -0.15) is 0 Å². The van der Waals surface area contributed by atoms with Crippen LogP contribution in [-0.4, -0.2) is 49.3 Å². The molecular formula is C10H17ClN4. The van der Waals surface area contributed by atoms with E-state index in [-0.39, 0.29) is 0 Å². The second kappa shape index (κ2) is 5.88. The van der Waals surface area contributed by atoms with Crippen molar-refractivity contribution in [2.24, 2.45) is 0 Å². The summed E-state index contributed by atoms with van der Waals surface area (Å²) in [6, 6.07) is 3.64. The van der Waals surface area contributed by atoms with Crippen LogP contribution in [0.4, 0.5) is 5.82 Å². The molecule has 0 saturated carbocycles. The van der Waals surface area contributed by atoms with Crippen molar-refractivity contribution in [1.29, 1.82) is 0 Å². The van der Waals surface area contributed by atoms with E-state index in [2.05, 4.69) is 34.1 Å². The third-order valence-corrected chi connectivity index (χ3v) is 2.31. The zero-order valence-corrected chi connectivity index (χ0v) is 10.2. The maximum Gasteiger partial charge on any atom is 0.151 e. The lowest BCUT2D eigenvalue weighted by Crippen LogP contribution is -2.24. The van der Waals surface area contributed by atoms with E-state index in [9.17, 15) is 0 Å². The van der Waals surface area contributed by atoms with Gasteiger partial charge in [0.15, 0.2) is 11.0 Å². The molecule has 15 heavy (non-hydrogen) atoms. The molecule has 84 valence electrons. The average Bonchev–Trinajstić information content (AvgIpc) is 2.18. The Kier molecular flexibility index (Phi) is 4.78. The largest absolute Gasteiger partial charge is 0.358 e. The smallest absolute Gasteiger partial charge is 0.151 e. The lowest BCUT2D eigenvalue weighted by Gasteiger charge is -2.18. The highest BCUT2D eigenvalue weighted by Crippen LogP contribution is 2.10. The van der Waals surface area contributed by atoms with Crippen molar-refractivity contribution in [3.05, 3.63) is 17.3 Å². The van der Waals surface area contributed by atoms with Gasteiger partial charge < -0.3 is 9.80 Å². The molecule has 0 bridgehead atoms. The summed E-state index contributed by atoms with van der Waals surface area (Å²) in [5, 5.41) is 8.24. The Morgan fingerprint density at radius 3 is 2.40 bits per heavy atom. The minimum absolute atomic E-state index is 0.431. The molecule has 0 aliphatic rings. The van der Waals surface area contributed by atoms with E-state index in [1.54, 1.807) is 6.07 Å². The molecule has 0 unspecified atom stereocenters. The zero-order valence-electron chi connectivity index (χ0n) is 9.44. The van der Waals surface area contributed by atoms with E-state index in [0.29, 0.717) is 5.15 Å². The Balaban J connectivity index is 2.40. The molecule has 0 spiro atoms. The Morgan fingerprint density at radius 2 is 1.87 bits per heavy atom. The molecule has 0 aromatic carbocycles. The van der Waals surface area contributed by atoms with Gasteiger partial charge in [-0.05, 0) is 39.2 Å². The Bertz CT molecular complexity index is 286. The molecule has 1 aromatic heterocycles. The Hall–Kier alpha value is -0.870. The van der Waals surface area contributed by atoms with Gasteiger partial charge in [-0.25, -0.2) is 0 Å². The predicted molar refractivity (Wildman–Crippen MR) is 63.5 cm³/mol. The molecule has 4 nitrogen and oxygen atoms in total. The third-order valence-electron chi connectivity index (χ3n) is 2.11. The van der Waals surface area contributed by atoms with Gasteiger partial charge in [0.25, 0.3) is 0 Å². The number of hydrogen-bond donors (Lipinski definition) is 0. The van der Waals surface area contributed by atoms with Crippen LogP contribution in [0.1, 0.15) is 6.42 Å². The zero-order chi connectivity index (χ0) is 11.3.